The molecule has 0 aliphatic carbocycles. The second kappa shape index (κ2) is 6.71. The Hall–Kier alpha value is -2.53. The fourth-order valence-electron chi connectivity index (χ4n) is 2.27. The van der Waals surface area contributed by atoms with Crippen molar-refractivity contribution in [1.29, 1.82) is 0 Å². The first-order valence-electron chi connectivity index (χ1n) is 7.30. The number of hydrogen-bond donors (Lipinski definition) is 1. The van der Waals surface area contributed by atoms with Crippen molar-refractivity contribution >= 4 is 28.8 Å². The van der Waals surface area contributed by atoms with Gasteiger partial charge < -0.3 is 14.5 Å². The molecule has 23 heavy (non-hydrogen) atoms. The van der Waals surface area contributed by atoms with Crippen LogP contribution >= 0.6 is 11.6 Å². The lowest BCUT2D eigenvalue weighted by molar-refractivity contribution is -0.115. The van der Waals surface area contributed by atoms with Gasteiger partial charge in [-0.05, 0) is 43.3 Å². The molecule has 0 atom stereocenters. The molecule has 2 heterocycles. The maximum absolute atomic E-state index is 12.1. The van der Waals surface area contributed by atoms with Gasteiger partial charge in [0, 0.05) is 18.1 Å². The fourth-order valence-corrected chi connectivity index (χ4v) is 2.44. The largest absolute Gasteiger partial charge is 0.494 e. The molecule has 0 unspecified atom stereocenters. The third-order valence-corrected chi connectivity index (χ3v) is 3.48. The average Bonchev–Trinajstić information content (AvgIpc) is 2.90. The molecule has 2 aromatic heterocycles. The SMILES string of the molecule is CCOc1ccc(NC(=O)Cc2cn3cc(Cl)ccc3n2)cc1. The first-order valence-corrected chi connectivity index (χ1v) is 7.67. The lowest BCUT2D eigenvalue weighted by Crippen LogP contribution is -2.14. The van der Waals surface area contributed by atoms with E-state index in [9.17, 15) is 4.79 Å². The fraction of sp³-hybridized carbons (Fsp3) is 0.176. The Labute approximate surface area is 138 Å². The van der Waals surface area contributed by atoms with Crippen LogP contribution in [0.15, 0.2) is 48.8 Å². The van der Waals surface area contributed by atoms with E-state index in [1.54, 1.807) is 18.5 Å². The third-order valence-electron chi connectivity index (χ3n) is 3.26. The molecular weight excluding hydrogens is 314 g/mol. The van der Waals surface area contributed by atoms with Crippen LogP contribution < -0.4 is 10.1 Å². The third kappa shape index (κ3) is 3.81. The molecule has 0 aliphatic heterocycles. The van der Waals surface area contributed by atoms with Crippen LogP contribution in [0.25, 0.3) is 5.65 Å². The number of pyridine rings is 1. The molecule has 0 saturated carbocycles. The maximum atomic E-state index is 12.1. The molecule has 118 valence electrons. The van der Waals surface area contributed by atoms with E-state index in [2.05, 4.69) is 10.3 Å². The average molecular weight is 330 g/mol. The minimum atomic E-state index is -0.122. The van der Waals surface area contributed by atoms with Crippen molar-refractivity contribution < 1.29 is 9.53 Å². The topological polar surface area (TPSA) is 55.6 Å². The van der Waals surface area contributed by atoms with Gasteiger partial charge in [-0.1, -0.05) is 11.6 Å². The molecule has 1 amide bonds. The van der Waals surface area contributed by atoms with E-state index >= 15 is 0 Å². The van der Waals surface area contributed by atoms with Crippen molar-refractivity contribution in [2.24, 2.45) is 0 Å². The zero-order chi connectivity index (χ0) is 16.2. The molecule has 5 nitrogen and oxygen atoms in total. The molecular formula is C17H16ClN3O2. The van der Waals surface area contributed by atoms with Crippen LogP contribution in [0.3, 0.4) is 0 Å². The van der Waals surface area contributed by atoms with E-state index in [1.165, 1.54) is 0 Å². The van der Waals surface area contributed by atoms with Crippen molar-refractivity contribution in [3.05, 3.63) is 59.5 Å². The highest BCUT2D eigenvalue weighted by Gasteiger charge is 2.08. The summed E-state index contributed by atoms with van der Waals surface area (Å²) in [6.07, 6.45) is 3.77. The van der Waals surface area contributed by atoms with Gasteiger partial charge in [0.05, 0.1) is 23.7 Å². The number of carbonyl (C=O) groups is 1. The van der Waals surface area contributed by atoms with E-state index in [-0.39, 0.29) is 12.3 Å². The first kappa shape index (κ1) is 15.4. The molecule has 0 spiro atoms. The summed E-state index contributed by atoms with van der Waals surface area (Å²) < 4.78 is 7.18. The Morgan fingerprint density at radius 3 is 2.74 bits per heavy atom. The van der Waals surface area contributed by atoms with Gasteiger partial charge in [-0.3, -0.25) is 4.79 Å². The van der Waals surface area contributed by atoms with Crippen LogP contribution in [0.1, 0.15) is 12.6 Å². The van der Waals surface area contributed by atoms with Crippen molar-refractivity contribution in [2.45, 2.75) is 13.3 Å². The summed E-state index contributed by atoms with van der Waals surface area (Å²) in [4.78, 5) is 16.5. The number of fused-ring (bicyclic) bond motifs is 1. The number of imidazole rings is 1. The zero-order valence-electron chi connectivity index (χ0n) is 12.6. The Morgan fingerprint density at radius 1 is 1.22 bits per heavy atom. The molecule has 0 aliphatic rings. The highest BCUT2D eigenvalue weighted by Crippen LogP contribution is 2.16. The smallest absolute Gasteiger partial charge is 0.230 e. The van der Waals surface area contributed by atoms with E-state index in [0.717, 1.165) is 17.1 Å². The highest BCUT2D eigenvalue weighted by molar-refractivity contribution is 6.30. The number of anilines is 1. The normalized spacial score (nSPS) is 10.7. The monoisotopic (exact) mass is 329 g/mol. The number of rotatable bonds is 5. The Bertz CT molecular complexity index is 827. The van der Waals surface area contributed by atoms with Crippen LogP contribution in [0.5, 0.6) is 5.75 Å². The van der Waals surface area contributed by atoms with Crippen LogP contribution in [-0.2, 0) is 11.2 Å². The van der Waals surface area contributed by atoms with Gasteiger partial charge in [-0.15, -0.1) is 0 Å². The summed E-state index contributed by atoms with van der Waals surface area (Å²) in [5.74, 6) is 0.659. The minimum Gasteiger partial charge on any atom is -0.494 e. The first-order chi connectivity index (χ1) is 11.1. The van der Waals surface area contributed by atoms with Crippen molar-refractivity contribution in [2.75, 3.05) is 11.9 Å². The number of benzene rings is 1. The second-order valence-corrected chi connectivity index (χ2v) is 5.46. The summed E-state index contributed by atoms with van der Waals surface area (Å²) in [5, 5.41) is 3.47. The summed E-state index contributed by atoms with van der Waals surface area (Å²) in [6, 6.07) is 10.9. The van der Waals surface area contributed by atoms with Crippen LogP contribution in [0, 0.1) is 0 Å². The Kier molecular flexibility index (Phi) is 4.48. The molecule has 0 radical (unpaired) electrons. The molecule has 0 bridgehead atoms. The van der Waals surface area contributed by atoms with Gasteiger partial charge in [0.2, 0.25) is 5.91 Å². The van der Waals surface area contributed by atoms with Gasteiger partial charge >= 0.3 is 0 Å². The highest BCUT2D eigenvalue weighted by atomic mass is 35.5. The summed E-state index contributed by atoms with van der Waals surface area (Å²) in [5.41, 5.74) is 2.18. The van der Waals surface area contributed by atoms with Gasteiger partial charge in [0.15, 0.2) is 0 Å². The molecule has 3 aromatic rings. The minimum absolute atomic E-state index is 0.122. The van der Waals surface area contributed by atoms with Crippen molar-refractivity contribution in [1.82, 2.24) is 9.38 Å². The second-order valence-electron chi connectivity index (χ2n) is 5.03. The van der Waals surface area contributed by atoms with E-state index in [1.807, 2.05) is 41.7 Å². The molecule has 3 rings (SSSR count). The molecule has 1 N–H and O–H groups in total. The standard InChI is InChI=1S/C17H16ClN3O2/c1-2-23-15-6-4-13(5-7-15)20-17(22)9-14-11-21-10-12(18)3-8-16(21)19-14/h3-8,10-11H,2,9H2,1H3,(H,20,22). The summed E-state index contributed by atoms with van der Waals surface area (Å²) in [7, 11) is 0. The number of halogens is 1. The lowest BCUT2D eigenvalue weighted by atomic mass is 10.2. The summed E-state index contributed by atoms with van der Waals surface area (Å²) >= 11 is 5.94. The molecule has 0 saturated heterocycles. The Balaban J connectivity index is 1.65. The van der Waals surface area contributed by atoms with Crippen LogP contribution in [-0.4, -0.2) is 21.9 Å². The van der Waals surface area contributed by atoms with Gasteiger partial charge in [0.25, 0.3) is 0 Å². The van der Waals surface area contributed by atoms with Crippen LogP contribution in [0.2, 0.25) is 5.02 Å². The zero-order valence-corrected chi connectivity index (χ0v) is 13.4. The van der Waals surface area contributed by atoms with Crippen LogP contribution in [0.4, 0.5) is 5.69 Å². The van der Waals surface area contributed by atoms with Gasteiger partial charge in [0.1, 0.15) is 11.4 Å². The summed E-state index contributed by atoms with van der Waals surface area (Å²) in [6.45, 7) is 2.54. The number of aromatic nitrogens is 2. The predicted molar refractivity (Wildman–Crippen MR) is 90.1 cm³/mol. The predicted octanol–water partition coefficient (Wildman–Crippen LogP) is 3.57. The quantitative estimate of drug-likeness (QED) is 0.778. The number of amides is 1. The number of hydrogen-bond acceptors (Lipinski definition) is 3. The van der Waals surface area contributed by atoms with Gasteiger partial charge in [-0.2, -0.15) is 0 Å². The van der Waals surface area contributed by atoms with E-state index in [0.29, 0.717) is 17.3 Å². The number of nitrogens with one attached hydrogen (secondary N) is 1. The number of ether oxygens (including phenoxy) is 1. The van der Waals surface area contributed by atoms with E-state index in [4.69, 9.17) is 16.3 Å². The Morgan fingerprint density at radius 2 is 2.00 bits per heavy atom. The number of nitrogens with zero attached hydrogens (tertiary/aromatic N) is 2. The lowest BCUT2D eigenvalue weighted by Gasteiger charge is -2.06. The maximum Gasteiger partial charge on any atom is 0.230 e. The van der Waals surface area contributed by atoms with E-state index < -0.39 is 0 Å². The van der Waals surface area contributed by atoms with Crippen molar-refractivity contribution in [3.63, 3.8) is 0 Å². The molecule has 1 aromatic carbocycles. The van der Waals surface area contributed by atoms with Crippen molar-refractivity contribution in [3.8, 4) is 5.75 Å². The number of carbonyl (C=O) groups excluding carboxylic acids is 1. The molecule has 6 heteroatoms. The van der Waals surface area contributed by atoms with Gasteiger partial charge in [-0.25, -0.2) is 4.98 Å². The molecule has 0 fully saturated rings.